The average molecular weight is 326 g/mol. The Morgan fingerprint density at radius 1 is 1.32 bits per heavy atom. The molecule has 1 fully saturated rings. The van der Waals surface area contributed by atoms with Gasteiger partial charge in [0.1, 0.15) is 13.2 Å². The Morgan fingerprint density at radius 2 is 2.09 bits per heavy atom. The van der Waals surface area contributed by atoms with Crippen LogP contribution in [0.25, 0.3) is 0 Å². The molecule has 1 aromatic carbocycles. The smallest absolute Gasteiger partial charge is 0.308 e. The van der Waals surface area contributed by atoms with Gasteiger partial charge in [-0.1, -0.05) is 11.6 Å². The van der Waals surface area contributed by atoms with E-state index in [2.05, 4.69) is 0 Å². The maximum atomic E-state index is 12.3. The van der Waals surface area contributed by atoms with E-state index in [1.165, 1.54) is 0 Å². The lowest BCUT2D eigenvalue weighted by Crippen LogP contribution is -2.31. The molecule has 3 rings (SSSR count). The molecule has 0 spiro atoms. The summed E-state index contributed by atoms with van der Waals surface area (Å²) in [5.41, 5.74) is 0.734. The fraction of sp³-hybridized carbons (Fsp3) is 0.467. The molecule has 0 aliphatic carbocycles. The molecule has 1 N–H and O–H groups in total. The molecule has 0 aromatic heterocycles. The number of likely N-dealkylation sites (tertiary alicyclic amines) is 1. The number of carboxylic acid groups (broad SMARTS) is 1. The molecule has 0 radical (unpaired) electrons. The van der Waals surface area contributed by atoms with Crippen molar-refractivity contribution in [2.45, 2.75) is 12.8 Å². The summed E-state index contributed by atoms with van der Waals surface area (Å²) in [6.45, 7) is 1.66. The molecule has 1 aromatic rings. The van der Waals surface area contributed by atoms with Gasteiger partial charge in [-0.15, -0.1) is 0 Å². The first kappa shape index (κ1) is 15.0. The molecule has 118 valence electrons. The largest absolute Gasteiger partial charge is 0.486 e. The van der Waals surface area contributed by atoms with Crippen molar-refractivity contribution in [3.05, 3.63) is 22.7 Å². The summed E-state index contributed by atoms with van der Waals surface area (Å²) >= 11 is 6.15. The van der Waals surface area contributed by atoms with Crippen molar-refractivity contribution < 1.29 is 24.2 Å². The molecular weight excluding hydrogens is 310 g/mol. The molecule has 6 nitrogen and oxygen atoms in total. The van der Waals surface area contributed by atoms with Crippen LogP contribution >= 0.6 is 11.6 Å². The lowest BCUT2D eigenvalue weighted by molar-refractivity contribution is -0.141. The van der Waals surface area contributed by atoms with Crippen LogP contribution in [0.15, 0.2) is 12.1 Å². The summed E-state index contributed by atoms with van der Waals surface area (Å²) in [6.07, 6.45) is 0.672. The Kier molecular flexibility index (Phi) is 4.11. The van der Waals surface area contributed by atoms with E-state index in [0.29, 0.717) is 42.7 Å². The van der Waals surface area contributed by atoms with E-state index in [1.807, 2.05) is 0 Å². The fourth-order valence-electron chi connectivity index (χ4n) is 2.74. The molecule has 0 bridgehead atoms. The van der Waals surface area contributed by atoms with Gasteiger partial charge in [-0.25, -0.2) is 0 Å². The third-order valence-electron chi connectivity index (χ3n) is 3.90. The van der Waals surface area contributed by atoms with E-state index < -0.39 is 11.9 Å². The normalized spacial score (nSPS) is 20.0. The second kappa shape index (κ2) is 6.04. The molecule has 2 aliphatic heterocycles. The number of rotatable bonds is 3. The highest BCUT2D eigenvalue weighted by atomic mass is 35.5. The second-order valence-electron chi connectivity index (χ2n) is 5.44. The van der Waals surface area contributed by atoms with Gasteiger partial charge >= 0.3 is 5.97 Å². The van der Waals surface area contributed by atoms with Crippen LogP contribution in [-0.2, 0) is 16.0 Å². The topological polar surface area (TPSA) is 76.1 Å². The van der Waals surface area contributed by atoms with Crippen molar-refractivity contribution in [3.63, 3.8) is 0 Å². The third kappa shape index (κ3) is 2.97. The van der Waals surface area contributed by atoms with Crippen LogP contribution in [0.5, 0.6) is 11.5 Å². The predicted octanol–water partition coefficient (Wildman–Crippen LogP) is 1.59. The van der Waals surface area contributed by atoms with E-state index in [0.717, 1.165) is 5.56 Å². The van der Waals surface area contributed by atoms with Crippen LogP contribution in [0, 0.1) is 5.92 Å². The van der Waals surface area contributed by atoms with Gasteiger partial charge < -0.3 is 19.5 Å². The maximum absolute atomic E-state index is 12.3. The standard InChI is InChI=1S/C15H16ClNO5/c16-11-5-9(6-12-14(11)22-4-3-21-12)7-13(18)17-2-1-10(8-17)15(19)20/h5-6,10H,1-4,7-8H2,(H,19,20)/t10-/m1/s1. The maximum Gasteiger partial charge on any atom is 0.308 e. The van der Waals surface area contributed by atoms with Crippen molar-refractivity contribution in [3.8, 4) is 11.5 Å². The first-order chi connectivity index (χ1) is 10.5. The fourth-order valence-corrected chi connectivity index (χ4v) is 3.03. The quantitative estimate of drug-likeness (QED) is 0.913. The summed E-state index contributed by atoms with van der Waals surface area (Å²) in [6, 6.07) is 3.45. The second-order valence-corrected chi connectivity index (χ2v) is 5.85. The Bertz CT molecular complexity index is 618. The summed E-state index contributed by atoms with van der Waals surface area (Å²) in [7, 11) is 0. The first-order valence-electron chi connectivity index (χ1n) is 7.13. The van der Waals surface area contributed by atoms with Crippen molar-refractivity contribution in [2.24, 2.45) is 5.92 Å². The number of nitrogens with zero attached hydrogens (tertiary/aromatic N) is 1. The van der Waals surface area contributed by atoms with E-state index in [9.17, 15) is 9.59 Å². The minimum atomic E-state index is -0.849. The zero-order chi connectivity index (χ0) is 15.7. The zero-order valence-electron chi connectivity index (χ0n) is 11.9. The van der Waals surface area contributed by atoms with Gasteiger partial charge in [-0.2, -0.15) is 0 Å². The van der Waals surface area contributed by atoms with Gasteiger partial charge in [0.25, 0.3) is 0 Å². The van der Waals surface area contributed by atoms with Gasteiger partial charge in [0.15, 0.2) is 11.5 Å². The molecule has 1 saturated heterocycles. The number of amides is 1. The number of aliphatic carboxylic acids is 1. The Balaban J connectivity index is 1.70. The van der Waals surface area contributed by atoms with Gasteiger partial charge in [0.05, 0.1) is 17.4 Å². The van der Waals surface area contributed by atoms with Crippen molar-refractivity contribution in [1.82, 2.24) is 4.90 Å². The van der Waals surface area contributed by atoms with Crippen molar-refractivity contribution in [1.29, 1.82) is 0 Å². The van der Waals surface area contributed by atoms with Gasteiger partial charge in [-0.3, -0.25) is 9.59 Å². The lowest BCUT2D eigenvalue weighted by atomic mass is 10.1. The molecule has 2 heterocycles. The monoisotopic (exact) mass is 325 g/mol. The number of fused-ring (bicyclic) bond motifs is 1. The van der Waals surface area contributed by atoms with E-state index in [4.69, 9.17) is 26.2 Å². The number of hydrogen-bond donors (Lipinski definition) is 1. The summed E-state index contributed by atoms with van der Waals surface area (Å²) in [4.78, 5) is 24.8. The summed E-state index contributed by atoms with van der Waals surface area (Å²) < 4.78 is 10.9. The molecule has 2 aliphatic rings. The predicted molar refractivity (Wildman–Crippen MR) is 78.5 cm³/mol. The number of halogens is 1. The molecule has 1 atom stereocenters. The highest BCUT2D eigenvalue weighted by Crippen LogP contribution is 2.38. The van der Waals surface area contributed by atoms with Crippen LogP contribution in [-0.4, -0.2) is 48.2 Å². The number of hydrogen-bond acceptors (Lipinski definition) is 4. The molecular formula is C15H16ClNO5. The molecule has 22 heavy (non-hydrogen) atoms. The Morgan fingerprint density at radius 3 is 2.82 bits per heavy atom. The number of carbonyl (C=O) groups excluding carboxylic acids is 1. The first-order valence-corrected chi connectivity index (χ1v) is 7.51. The van der Waals surface area contributed by atoms with Crippen LogP contribution in [0.3, 0.4) is 0 Å². The number of carboxylic acids is 1. The Labute approximate surface area is 132 Å². The van der Waals surface area contributed by atoms with Crippen LogP contribution < -0.4 is 9.47 Å². The minimum Gasteiger partial charge on any atom is -0.486 e. The molecule has 1 amide bonds. The van der Waals surface area contributed by atoms with Crippen LogP contribution in [0.4, 0.5) is 0 Å². The molecule has 0 saturated carbocycles. The third-order valence-corrected chi connectivity index (χ3v) is 4.18. The lowest BCUT2D eigenvalue weighted by Gasteiger charge is -2.21. The highest BCUT2D eigenvalue weighted by molar-refractivity contribution is 6.32. The van der Waals surface area contributed by atoms with Gasteiger partial charge in [0.2, 0.25) is 5.91 Å². The van der Waals surface area contributed by atoms with Gasteiger partial charge in [-0.05, 0) is 24.1 Å². The van der Waals surface area contributed by atoms with Crippen molar-refractivity contribution >= 4 is 23.5 Å². The average Bonchev–Trinajstić information content (AvgIpc) is 2.97. The number of ether oxygens (including phenoxy) is 2. The zero-order valence-corrected chi connectivity index (χ0v) is 12.6. The van der Waals surface area contributed by atoms with Gasteiger partial charge in [0, 0.05) is 13.1 Å². The number of carbonyl (C=O) groups is 2. The molecule has 7 heteroatoms. The van der Waals surface area contributed by atoms with Crippen molar-refractivity contribution in [2.75, 3.05) is 26.3 Å². The van der Waals surface area contributed by atoms with E-state index in [-0.39, 0.29) is 18.9 Å². The molecule has 0 unspecified atom stereocenters. The SMILES string of the molecule is O=C(O)[C@@H]1CCN(C(=O)Cc2cc(Cl)c3c(c2)OCCO3)C1. The highest BCUT2D eigenvalue weighted by Gasteiger charge is 2.31. The van der Waals surface area contributed by atoms with Crippen LogP contribution in [0.1, 0.15) is 12.0 Å². The number of benzene rings is 1. The summed E-state index contributed by atoms with van der Waals surface area (Å²) in [5, 5.41) is 9.41. The Hall–Kier alpha value is -1.95. The van der Waals surface area contributed by atoms with E-state index in [1.54, 1.807) is 17.0 Å². The van der Waals surface area contributed by atoms with E-state index >= 15 is 0 Å². The summed E-state index contributed by atoms with van der Waals surface area (Å²) in [5.74, 6) is -0.357. The minimum absolute atomic E-state index is 0.100. The van der Waals surface area contributed by atoms with Crippen LogP contribution in [0.2, 0.25) is 5.02 Å².